The topological polar surface area (TPSA) is 49.2 Å². The lowest BCUT2D eigenvalue weighted by atomic mass is 10.7. The van der Waals surface area contributed by atoms with Crippen LogP contribution in [-0.2, 0) is 0 Å². The molecule has 0 fully saturated rings. The first-order valence-corrected chi connectivity index (χ1v) is 2.49. The molecule has 0 unspecified atom stereocenters. The van der Waals surface area contributed by atoms with Gasteiger partial charge in [0.2, 0.25) is 0 Å². The second kappa shape index (κ2) is 2.41. The summed E-state index contributed by atoms with van der Waals surface area (Å²) in [5, 5.41) is 9.66. The van der Waals surface area contributed by atoms with Gasteiger partial charge in [-0.2, -0.15) is 0 Å². The lowest BCUT2D eigenvalue weighted by Crippen LogP contribution is -2.11. The van der Waals surface area contributed by atoms with Crippen LogP contribution in [0.2, 0.25) is 0 Å². The van der Waals surface area contributed by atoms with Crippen molar-refractivity contribution in [2.45, 2.75) is 0 Å². The molecule has 0 radical (unpaired) electrons. The van der Waals surface area contributed by atoms with Crippen LogP contribution in [0.4, 0.5) is 5.82 Å². The van der Waals surface area contributed by atoms with Gasteiger partial charge in [0, 0.05) is 19.4 Å². The van der Waals surface area contributed by atoms with Gasteiger partial charge in [0.25, 0.3) is 0 Å². The summed E-state index contributed by atoms with van der Waals surface area (Å²) in [6.07, 6.45) is 4.54. The van der Waals surface area contributed by atoms with Crippen molar-refractivity contribution < 1.29 is 5.21 Å². The van der Waals surface area contributed by atoms with E-state index >= 15 is 0 Å². The van der Waals surface area contributed by atoms with Crippen LogP contribution >= 0.6 is 0 Å². The molecule has 0 saturated carbocycles. The smallest absolute Gasteiger partial charge is 0.170 e. The van der Waals surface area contributed by atoms with E-state index in [0.717, 1.165) is 5.06 Å². The zero-order chi connectivity index (χ0) is 6.69. The third kappa shape index (κ3) is 1.36. The summed E-state index contributed by atoms with van der Waals surface area (Å²) in [6.45, 7) is 0. The van der Waals surface area contributed by atoms with E-state index < -0.39 is 0 Å². The van der Waals surface area contributed by atoms with Crippen molar-refractivity contribution in [2.75, 3.05) is 12.1 Å². The molecule has 4 heteroatoms. The fraction of sp³-hybridized carbons (Fsp3) is 0.200. The van der Waals surface area contributed by atoms with Crippen molar-refractivity contribution in [3.8, 4) is 0 Å². The summed E-state index contributed by atoms with van der Waals surface area (Å²) in [6, 6.07) is 0. The molecule has 0 aliphatic rings. The predicted molar refractivity (Wildman–Crippen MR) is 32.2 cm³/mol. The fourth-order valence-corrected chi connectivity index (χ4v) is 0.458. The van der Waals surface area contributed by atoms with Gasteiger partial charge >= 0.3 is 0 Å². The molecular formula is C5H7N3O. The third-order valence-electron chi connectivity index (χ3n) is 0.881. The van der Waals surface area contributed by atoms with Gasteiger partial charge < -0.3 is 0 Å². The minimum atomic E-state index is 0.442. The minimum Gasteiger partial charge on any atom is -0.287 e. The van der Waals surface area contributed by atoms with E-state index in [-0.39, 0.29) is 0 Å². The lowest BCUT2D eigenvalue weighted by molar-refractivity contribution is 0.276. The van der Waals surface area contributed by atoms with Crippen LogP contribution in [0.25, 0.3) is 0 Å². The van der Waals surface area contributed by atoms with Crippen molar-refractivity contribution in [2.24, 2.45) is 0 Å². The Morgan fingerprint density at radius 1 is 1.56 bits per heavy atom. The minimum absolute atomic E-state index is 0.442. The van der Waals surface area contributed by atoms with Gasteiger partial charge in [-0.3, -0.25) is 10.2 Å². The summed E-state index contributed by atoms with van der Waals surface area (Å²) >= 11 is 0. The van der Waals surface area contributed by atoms with Crippen LogP contribution in [0.5, 0.6) is 0 Å². The number of hydroxylamine groups is 1. The van der Waals surface area contributed by atoms with Crippen LogP contribution in [0, 0.1) is 0 Å². The maximum atomic E-state index is 8.75. The maximum absolute atomic E-state index is 8.75. The van der Waals surface area contributed by atoms with Crippen LogP contribution < -0.4 is 5.06 Å². The van der Waals surface area contributed by atoms with E-state index in [1.54, 1.807) is 6.20 Å². The van der Waals surface area contributed by atoms with Crippen LogP contribution in [-0.4, -0.2) is 22.2 Å². The zero-order valence-electron chi connectivity index (χ0n) is 5.02. The second-order valence-electron chi connectivity index (χ2n) is 1.59. The Morgan fingerprint density at radius 2 is 2.33 bits per heavy atom. The molecule has 0 spiro atoms. The molecule has 0 atom stereocenters. The summed E-state index contributed by atoms with van der Waals surface area (Å²) < 4.78 is 0. The van der Waals surface area contributed by atoms with Crippen molar-refractivity contribution in [1.29, 1.82) is 0 Å². The number of anilines is 1. The molecule has 48 valence electrons. The molecule has 4 nitrogen and oxygen atoms in total. The summed E-state index contributed by atoms with van der Waals surface area (Å²) in [5.74, 6) is 0.442. The van der Waals surface area contributed by atoms with E-state index in [1.165, 1.54) is 19.4 Å². The molecule has 0 saturated heterocycles. The SMILES string of the molecule is CN(O)c1cnccn1. The number of rotatable bonds is 1. The Bertz CT molecular complexity index is 175. The van der Waals surface area contributed by atoms with Crippen molar-refractivity contribution in [3.05, 3.63) is 18.6 Å². The van der Waals surface area contributed by atoms with E-state index in [2.05, 4.69) is 9.97 Å². The van der Waals surface area contributed by atoms with Crippen LogP contribution in [0.3, 0.4) is 0 Å². The highest BCUT2D eigenvalue weighted by atomic mass is 16.5. The molecule has 9 heavy (non-hydrogen) atoms. The Labute approximate surface area is 52.7 Å². The summed E-state index contributed by atoms with van der Waals surface area (Å²) in [5.41, 5.74) is 0. The van der Waals surface area contributed by atoms with E-state index in [0.29, 0.717) is 5.82 Å². The lowest BCUT2D eigenvalue weighted by Gasteiger charge is -2.05. The highest BCUT2D eigenvalue weighted by Crippen LogP contribution is 1.99. The molecule has 0 aliphatic heterocycles. The molecule has 1 aromatic rings. The van der Waals surface area contributed by atoms with Gasteiger partial charge in [-0.25, -0.2) is 10.0 Å². The average Bonchev–Trinajstić information content (AvgIpc) is 1.90. The van der Waals surface area contributed by atoms with Crippen LogP contribution in [0.15, 0.2) is 18.6 Å². The van der Waals surface area contributed by atoms with Crippen molar-refractivity contribution >= 4 is 5.82 Å². The van der Waals surface area contributed by atoms with Crippen LogP contribution in [0.1, 0.15) is 0 Å². The number of aromatic nitrogens is 2. The molecule has 0 aliphatic carbocycles. The van der Waals surface area contributed by atoms with Gasteiger partial charge in [-0.1, -0.05) is 0 Å². The van der Waals surface area contributed by atoms with E-state index in [9.17, 15) is 0 Å². The zero-order valence-corrected chi connectivity index (χ0v) is 5.02. The first-order chi connectivity index (χ1) is 4.30. The molecule has 1 heterocycles. The quantitative estimate of drug-likeness (QED) is 0.548. The molecule has 0 bridgehead atoms. The normalized spacial score (nSPS) is 9.11. The van der Waals surface area contributed by atoms with E-state index in [1.807, 2.05) is 0 Å². The van der Waals surface area contributed by atoms with Gasteiger partial charge in [0.1, 0.15) is 0 Å². The monoisotopic (exact) mass is 125 g/mol. The maximum Gasteiger partial charge on any atom is 0.170 e. The Hall–Kier alpha value is -1.16. The standard InChI is InChI=1S/C5H7N3O/c1-8(9)5-4-6-2-3-7-5/h2-4,9H,1H3. The average molecular weight is 125 g/mol. The first kappa shape index (κ1) is 5.97. The molecule has 1 N–H and O–H groups in total. The summed E-state index contributed by atoms with van der Waals surface area (Å²) in [4.78, 5) is 7.53. The number of nitrogens with zero attached hydrogens (tertiary/aromatic N) is 3. The number of hydrogen-bond acceptors (Lipinski definition) is 4. The molecular weight excluding hydrogens is 118 g/mol. The highest BCUT2D eigenvalue weighted by molar-refractivity contribution is 5.28. The number of hydrogen-bond donors (Lipinski definition) is 1. The third-order valence-corrected chi connectivity index (χ3v) is 0.881. The first-order valence-electron chi connectivity index (χ1n) is 2.49. The molecule has 1 aromatic heterocycles. The van der Waals surface area contributed by atoms with Gasteiger partial charge in [0.05, 0.1) is 6.20 Å². The predicted octanol–water partition coefficient (Wildman–Crippen LogP) is 0.302. The van der Waals surface area contributed by atoms with Gasteiger partial charge in [0.15, 0.2) is 5.82 Å². The van der Waals surface area contributed by atoms with E-state index in [4.69, 9.17) is 5.21 Å². The largest absolute Gasteiger partial charge is 0.287 e. The van der Waals surface area contributed by atoms with Crippen molar-refractivity contribution in [3.63, 3.8) is 0 Å². The van der Waals surface area contributed by atoms with Crippen molar-refractivity contribution in [1.82, 2.24) is 9.97 Å². The highest BCUT2D eigenvalue weighted by Gasteiger charge is 1.92. The Morgan fingerprint density at radius 3 is 2.67 bits per heavy atom. The van der Waals surface area contributed by atoms with Gasteiger partial charge in [-0.15, -0.1) is 0 Å². The fourth-order valence-electron chi connectivity index (χ4n) is 0.458. The second-order valence-corrected chi connectivity index (χ2v) is 1.59. The Balaban J connectivity index is 2.85. The molecule has 0 amide bonds. The molecule has 1 rings (SSSR count). The molecule has 0 aromatic carbocycles. The summed E-state index contributed by atoms with van der Waals surface area (Å²) in [7, 11) is 1.49. The Kier molecular flexibility index (Phi) is 1.60. The van der Waals surface area contributed by atoms with Gasteiger partial charge in [-0.05, 0) is 0 Å².